The first-order valence-corrected chi connectivity index (χ1v) is 5.40. The van der Waals surface area contributed by atoms with E-state index in [1.54, 1.807) is 0 Å². The molecule has 0 radical (unpaired) electrons. The lowest BCUT2D eigenvalue weighted by Gasteiger charge is -2.31. The molecule has 2 saturated heterocycles. The van der Waals surface area contributed by atoms with Crippen molar-refractivity contribution in [3.8, 4) is 0 Å². The molecule has 5 heteroatoms. The van der Waals surface area contributed by atoms with Gasteiger partial charge in [-0.05, 0) is 6.42 Å². The molecule has 0 aromatic rings. The maximum Gasteiger partial charge on any atom is 0.227 e. The number of carbonyl (C=O) groups is 2. The molecule has 5 nitrogen and oxygen atoms in total. The first-order chi connectivity index (χ1) is 7.27. The van der Waals surface area contributed by atoms with E-state index in [-0.39, 0.29) is 17.7 Å². The van der Waals surface area contributed by atoms with Crippen LogP contribution in [0.25, 0.3) is 0 Å². The average Bonchev–Trinajstić information content (AvgIpc) is 2.30. The zero-order valence-corrected chi connectivity index (χ0v) is 8.70. The molecule has 2 aliphatic rings. The summed E-state index contributed by atoms with van der Waals surface area (Å²) in [4.78, 5) is 24.8. The highest BCUT2D eigenvalue weighted by molar-refractivity contribution is 5.83. The van der Waals surface area contributed by atoms with Gasteiger partial charge in [-0.25, -0.2) is 0 Å². The summed E-state index contributed by atoms with van der Waals surface area (Å²) in [5.41, 5.74) is 0. The van der Waals surface area contributed by atoms with E-state index in [0.717, 1.165) is 0 Å². The van der Waals surface area contributed by atoms with Crippen LogP contribution in [-0.4, -0.2) is 49.6 Å². The van der Waals surface area contributed by atoms with Gasteiger partial charge in [-0.1, -0.05) is 0 Å². The van der Waals surface area contributed by atoms with Crippen molar-refractivity contribution in [3.63, 3.8) is 0 Å². The molecule has 1 unspecified atom stereocenters. The molecular weight excluding hydrogens is 196 g/mol. The van der Waals surface area contributed by atoms with Crippen molar-refractivity contribution in [1.29, 1.82) is 0 Å². The Morgan fingerprint density at radius 1 is 1.40 bits per heavy atom. The fourth-order valence-corrected chi connectivity index (χ4v) is 1.99. The third-order valence-corrected chi connectivity index (χ3v) is 2.94. The van der Waals surface area contributed by atoms with Gasteiger partial charge in [0.15, 0.2) is 0 Å². The summed E-state index contributed by atoms with van der Waals surface area (Å²) in [5.74, 6) is 0.195. The normalized spacial score (nSPS) is 27.3. The summed E-state index contributed by atoms with van der Waals surface area (Å²) in [7, 11) is 0. The number of carbonyl (C=O) groups excluding carboxylic acids is 2. The number of piperidine rings is 1. The van der Waals surface area contributed by atoms with Gasteiger partial charge in [-0.3, -0.25) is 9.59 Å². The smallest absolute Gasteiger partial charge is 0.227 e. The fourth-order valence-electron chi connectivity index (χ4n) is 1.99. The highest BCUT2D eigenvalue weighted by Gasteiger charge is 2.28. The quantitative estimate of drug-likeness (QED) is 0.629. The number of nitrogens with one attached hydrogen (secondary N) is 1. The van der Waals surface area contributed by atoms with Gasteiger partial charge in [-0.2, -0.15) is 0 Å². The first kappa shape index (κ1) is 10.4. The second kappa shape index (κ2) is 4.61. The van der Waals surface area contributed by atoms with E-state index in [9.17, 15) is 9.59 Å². The Hall–Kier alpha value is -1.10. The van der Waals surface area contributed by atoms with Gasteiger partial charge < -0.3 is 15.0 Å². The van der Waals surface area contributed by atoms with Crippen LogP contribution in [0.2, 0.25) is 0 Å². The third-order valence-electron chi connectivity index (χ3n) is 2.94. The summed E-state index contributed by atoms with van der Waals surface area (Å²) in [6, 6.07) is 0. The Kier molecular flexibility index (Phi) is 3.20. The number of rotatable bonds is 1. The van der Waals surface area contributed by atoms with Gasteiger partial charge in [0.2, 0.25) is 11.8 Å². The fraction of sp³-hybridized carbons (Fsp3) is 0.800. The van der Waals surface area contributed by atoms with E-state index in [0.29, 0.717) is 45.7 Å². The van der Waals surface area contributed by atoms with E-state index in [2.05, 4.69) is 5.32 Å². The summed E-state index contributed by atoms with van der Waals surface area (Å²) in [6.07, 6.45) is 1.16. The van der Waals surface area contributed by atoms with Crippen molar-refractivity contribution < 1.29 is 14.3 Å². The Morgan fingerprint density at radius 3 is 2.73 bits per heavy atom. The van der Waals surface area contributed by atoms with Crippen LogP contribution >= 0.6 is 0 Å². The van der Waals surface area contributed by atoms with E-state index >= 15 is 0 Å². The maximum absolute atomic E-state index is 12.0. The minimum Gasteiger partial charge on any atom is -0.378 e. The van der Waals surface area contributed by atoms with Gasteiger partial charge in [0, 0.05) is 26.1 Å². The molecule has 0 saturated carbocycles. The molecule has 0 aromatic heterocycles. The molecule has 84 valence electrons. The summed E-state index contributed by atoms with van der Waals surface area (Å²) in [6.45, 7) is 3.12. The van der Waals surface area contributed by atoms with Crippen molar-refractivity contribution in [2.75, 3.05) is 32.8 Å². The van der Waals surface area contributed by atoms with Crippen molar-refractivity contribution in [2.24, 2.45) is 5.92 Å². The molecule has 1 N–H and O–H groups in total. The predicted octanol–water partition coefficient (Wildman–Crippen LogP) is -0.629. The molecular formula is C10H16N2O3. The van der Waals surface area contributed by atoms with E-state index in [1.165, 1.54) is 0 Å². The van der Waals surface area contributed by atoms with Crippen LogP contribution in [0, 0.1) is 5.92 Å². The number of morpholine rings is 1. The van der Waals surface area contributed by atoms with Crippen LogP contribution in [0.15, 0.2) is 0 Å². The van der Waals surface area contributed by atoms with Crippen molar-refractivity contribution in [2.45, 2.75) is 12.8 Å². The zero-order chi connectivity index (χ0) is 10.7. The van der Waals surface area contributed by atoms with Crippen molar-refractivity contribution in [1.82, 2.24) is 10.2 Å². The van der Waals surface area contributed by atoms with Gasteiger partial charge >= 0.3 is 0 Å². The lowest BCUT2D eigenvalue weighted by molar-refractivity contribution is -0.141. The number of hydrogen-bond acceptors (Lipinski definition) is 3. The van der Waals surface area contributed by atoms with Gasteiger partial charge in [-0.15, -0.1) is 0 Å². The number of amides is 2. The lowest BCUT2D eigenvalue weighted by atomic mass is 9.97. The molecule has 2 aliphatic heterocycles. The molecule has 2 heterocycles. The van der Waals surface area contributed by atoms with Gasteiger partial charge in [0.1, 0.15) is 0 Å². The van der Waals surface area contributed by atoms with Crippen LogP contribution in [0.3, 0.4) is 0 Å². The SMILES string of the molecule is O=C1CCC(C(=O)N2CCOCC2)CN1. The van der Waals surface area contributed by atoms with Crippen molar-refractivity contribution >= 4 is 11.8 Å². The molecule has 1 atom stereocenters. The molecule has 0 aliphatic carbocycles. The number of ether oxygens (including phenoxy) is 1. The number of nitrogens with zero attached hydrogens (tertiary/aromatic N) is 1. The first-order valence-electron chi connectivity index (χ1n) is 5.40. The molecule has 2 amide bonds. The molecule has 0 aromatic carbocycles. The Labute approximate surface area is 88.8 Å². The predicted molar refractivity (Wildman–Crippen MR) is 53.1 cm³/mol. The topological polar surface area (TPSA) is 58.6 Å². The minimum absolute atomic E-state index is 0.0270. The highest BCUT2D eigenvalue weighted by atomic mass is 16.5. The van der Waals surface area contributed by atoms with E-state index < -0.39 is 0 Å². The van der Waals surface area contributed by atoms with Crippen LogP contribution in [0.5, 0.6) is 0 Å². The standard InChI is InChI=1S/C10H16N2O3/c13-9-2-1-8(7-11-9)10(14)12-3-5-15-6-4-12/h8H,1-7H2,(H,11,13). The Balaban J connectivity index is 1.86. The Morgan fingerprint density at radius 2 is 2.13 bits per heavy atom. The molecule has 0 spiro atoms. The second-order valence-electron chi connectivity index (χ2n) is 3.98. The molecule has 2 rings (SSSR count). The van der Waals surface area contributed by atoms with Crippen LogP contribution < -0.4 is 5.32 Å². The summed E-state index contributed by atoms with van der Waals surface area (Å²) in [5, 5.41) is 2.73. The van der Waals surface area contributed by atoms with E-state index in [1.807, 2.05) is 4.90 Å². The molecule has 15 heavy (non-hydrogen) atoms. The van der Waals surface area contributed by atoms with E-state index in [4.69, 9.17) is 4.74 Å². The largest absolute Gasteiger partial charge is 0.378 e. The van der Waals surface area contributed by atoms with Crippen LogP contribution in [0.4, 0.5) is 0 Å². The second-order valence-corrected chi connectivity index (χ2v) is 3.98. The summed E-state index contributed by atoms with van der Waals surface area (Å²) < 4.78 is 5.19. The molecule has 2 fully saturated rings. The lowest BCUT2D eigenvalue weighted by Crippen LogP contribution is -2.48. The minimum atomic E-state index is -0.0270. The van der Waals surface area contributed by atoms with Crippen LogP contribution in [-0.2, 0) is 14.3 Å². The monoisotopic (exact) mass is 212 g/mol. The zero-order valence-electron chi connectivity index (χ0n) is 8.70. The molecule has 0 bridgehead atoms. The summed E-state index contributed by atoms with van der Waals surface area (Å²) >= 11 is 0. The van der Waals surface area contributed by atoms with Gasteiger partial charge in [0.05, 0.1) is 19.1 Å². The van der Waals surface area contributed by atoms with Crippen LogP contribution in [0.1, 0.15) is 12.8 Å². The highest BCUT2D eigenvalue weighted by Crippen LogP contribution is 2.14. The Bertz CT molecular complexity index is 251. The third kappa shape index (κ3) is 2.47. The number of hydrogen-bond donors (Lipinski definition) is 1. The van der Waals surface area contributed by atoms with Crippen molar-refractivity contribution in [3.05, 3.63) is 0 Å². The maximum atomic E-state index is 12.0. The van der Waals surface area contributed by atoms with Gasteiger partial charge in [0.25, 0.3) is 0 Å². The average molecular weight is 212 g/mol.